The lowest BCUT2D eigenvalue weighted by molar-refractivity contribution is -0.0511. The average molecular weight is 378 g/mol. The van der Waals surface area contributed by atoms with Gasteiger partial charge in [-0.05, 0) is 12.1 Å². The lowest BCUT2D eigenvalue weighted by Gasteiger charge is -2.16. The standard InChI is InChI=1S/C16H15FN4O4S/c17-8-3-1-2-4-10(8)26-15-11-14(18-6-19-15)21(7-20-11)16-13(24)12(23)9(5-22)25-16/h1-4,6-7,9,12-13,16,22-24H,5H2/t9-,12-,13-,16-/m1/s1. The summed E-state index contributed by atoms with van der Waals surface area (Å²) in [5, 5.41) is 29.8. The highest BCUT2D eigenvalue weighted by molar-refractivity contribution is 7.99. The molecule has 3 aromatic rings. The van der Waals surface area contributed by atoms with E-state index in [0.29, 0.717) is 21.1 Å². The van der Waals surface area contributed by atoms with Crippen molar-refractivity contribution >= 4 is 22.9 Å². The SMILES string of the molecule is OC[C@H]1O[C@@H](n2cnc3c(Sc4ccccc4F)ncnc32)[C@H](O)[C@@H]1O. The summed E-state index contributed by atoms with van der Waals surface area (Å²) in [6, 6.07) is 6.32. The Kier molecular flexibility index (Phi) is 4.59. The molecule has 10 heteroatoms. The molecule has 1 aromatic carbocycles. The van der Waals surface area contributed by atoms with Crippen molar-refractivity contribution in [1.29, 1.82) is 0 Å². The zero-order valence-corrected chi connectivity index (χ0v) is 14.1. The van der Waals surface area contributed by atoms with Crippen molar-refractivity contribution in [3.8, 4) is 0 Å². The quantitative estimate of drug-likeness (QED) is 0.570. The van der Waals surface area contributed by atoms with E-state index in [9.17, 15) is 19.7 Å². The zero-order chi connectivity index (χ0) is 18.3. The summed E-state index contributed by atoms with van der Waals surface area (Å²) in [5.74, 6) is -0.368. The molecule has 0 aliphatic carbocycles. The fourth-order valence-corrected chi connectivity index (χ4v) is 3.69. The lowest BCUT2D eigenvalue weighted by atomic mass is 10.1. The number of hydrogen-bond acceptors (Lipinski definition) is 8. The molecule has 1 fully saturated rings. The van der Waals surface area contributed by atoms with Crippen LogP contribution in [0.4, 0.5) is 4.39 Å². The van der Waals surface area contributed by atoms with Gasteiger partial charge in [-0.25, -0.2) is 19.3 Å². The maximum atomic E-state index is 13.9. The number of ether oxygens (including phenoxy) is 1. The molecule has 0 unspecified atom stereocenters. The minimum atomic E-state index is -1.25. The molecule has 3 heterocycles. The average Bonchev–Trinajstić information content (AvgIpc) is 3.19. The lowest BCUT2D eigenvalue weighted by Crippen LogP contribution is -2.33. The van der Waals surface area contributed by atoms with Gasteiger partial charge in [-0.3, -0.25) is 4.57 Å². The van der Waals surface area contributed by atoms with Crippen LogP contribution in [0, 0.1) is 5.82 Å². The maximum absolute atomic E-state index is 13.9. The molecule has 0 radical (unpaired) electrons. The van der Waals surface area contributed by atoms with Gasteiger partial charge in [-0.2, -0.15) is 0 Å². The Morgan fingerprint density at radius 2 is 1.96 bits per heavy atom. The molecule has 2 aromatic heterocycles. The number of aliphatic hydroxyl groups excluding tert-OH is 3. The van der Waals surface area contributed by atoms with Crippen LogP contribution in [0.5, 0.6) is 0 Å². The van der Waals surface area contributed by atoms with Crippen molar-refractivity contribution in [3.63, 3.8) is 0 Å². The number of halogens is 1. The highest BCUT2D eigenvalue weighted by Crippen LogP contribution is 2.35. The number of aliphatic hydroxyl groups is 3. The Morgan fingerprint density at radius 1 is 1.15 bits per heavy atom. The van der Waals surface area contributed by atoms with Gasteiger partial charge in [0, 0.05) is 4.90 Å². The van der Waals surface area contributed by atoms with E-state index in [1.165, 1.54) is 23.3 Å². The molecule has 0 bridgehead atoms. The summed E-state index contributed by atoms with van der Waals surface area (Å²) in [6.45, 7) is -0.426. The molecule has 8 nitrogen and oxygen atoms in total. The van der Waals surface area contributed by atoms with Crippen LogP contribution in [-0.4, -0.2) is 59.8 Å². The Labute approximate surface area is 151 Å². The second-order valence-corrected chi connectivity index (χ2v) is 6.79. The minimum absolute atomic E-state index is 0.368. The third-order valence-corrected chi connectivity index (χ3v) is 5.20. The van der Waals surface area contributed by atoms with Crippen LogP contribution in [0.1, 0.15) is 6.23 Å². The zero-order valence-electron chi connectivity index (χ0n) is 13.3. The van der Waals surface area contributed by atoms with Crippen molar-refractivity contribution < 1.29 is 24.4 Å². The van der Waals surface area contributed by atoms with Crippen molar-refractivity contribution in [3.05, 3.63) is 42.7 Å². The van der Waals surface area contributed by atoms with Gasteiger partial charge in [0.05, 0.1) is 12.9 Å². The van der Waals surface area contributed by atoms with Gasteiger partial charge < -0.3 is 20.1 Å². The van der Waals surface area contributed by atoms with Crippen LogP contribution < -0.4 is 0 Å². The van der Waals surface area contributed by atoms with Gasteiger partial charge in [0.1, 0.15) is 41.0 Å². The number of rotatable bonds is 4. The molecule has 4 rings (SSSR count). The number of nitrogens with zero attached hydrogens (tertiary/aromatic N) is 4. The minimum Gasteiger partial charge on any atom is -0.394 e. The fourth-order valence-electron chi connectivity index (χ4n) is 2.83. The molecule has 136 valence electrons. The van der Waals surface area contributed by atoms with Crippen LogP contribution in [0.3, 0.4) is 0 Å². The van der Waals surface area contributed by atoms with E-state index in [0.717, 1.165) is 11.8 Å². The number of fused-ring (bicyclic) bond motifs is 1. The molecule has 0 amide bonds. The van der Waals surface area contributed by atoms with Gasteiger partial charge in [0.25, 0.3) is 0 Å². The first-order valence-corrected chi connectivity index (χ1v) is 8.64. The first kappa shape index (κ1) is 17.3. The highest BCUT2D eigenvalue weighted by Gasteiger charge is 2.44. The van der Waals surface area contributed by atoms with Crippen molar-refractivity contribution in [2.75, 3.05) is 6.61 Å². The first-order valence-electron chi connectivity index (χ1n) is 7.82. The van der Waals surface area contributed by atoms with Crippen LogP contribution in [0.15, 0.2) is 46.8 Å². The molecule has 1 aliphatic heterocycles. The third-order valence-electron chi connectivity index (χ3n) is 4.16. The van der Waals surface area contributed by atoms with Crippen LogP contribution >= 0.6 is 11.8 Å². The molecule has 26 heavy (non-hydrogen) atoms. The number of aromatic nitrogens is 4. The van der Waals surface area contributed by atoms with Crippen molar-refractivity contribution in [1.82, 2.24) is 19.5 Å². The van der Waals surface area contributed by atoms with Crippen molar-refractivity contribution in [2.45, 2.75) is 34.5 Å². The van der Waals surface area contributed by atoms with Gasteiger partial charge in [-0.1, -0.05) is 23.9 Å². The van der Waals surface area contributed by atoms with Crippen LogP contribution in [0.2, 0.25) is 0 Å². The summed E-state index contributed by atoms with van der Waals surface area (Å²) in [5.41, 5.74) is 0.784. The molecule has 1 saturated heterocycles. The van der Waals surface area contributed by atoms with Crippen LogP contribution in [-0.2, 0) is 4.74 Å². The summed E-state index contributed by atoms with van der Waals surface area (Å²) in [4.78, 5) is 13.0. The number of hydrogen-bond donors (Lipinski definition) is 3. The van der Waals surface area contributed by atoms with E-state index in [-0.39, 0.29) is 5.82 Å². The van der Waals surface area contributed by atoms with E-state index in [1.54, 1.807) is 18.2 Å². The van der Waals surface area contributed by atoms with Crippen molar-refractivity contribution in [2.24, 2.45) is 0 Å². The molecule has 4 atom stereocenters. The number of imidazole rings is 1. The Bertz CT molecular complexity index is 940. The summed E-state index contributed by atoms with van der Waals surface area (Å²) in [7, 11) is 0. The second-order valence-electron chi connectivity index (χ2n) is 5.76. The largest absolute Gasteiger partial charge is 0.394 e. The fraction of sp³-hybridized carbons (Fsp3) is 0.312. The van der Waals surface area contributed by atoms with Gasteiger partial charge in [0.15, 0.2) is 11.9 Å². The van der Waals surface area contributed by atoms with Gasteiger partial charge in [0.2, 0.25) is 0 Å². The number of benzene rings is 1. The molecule has 0 spiro atoms. The molecule has 0 saturated carbocycles. The molecular formula is C16H15FN4O4S. The van der Waals surface area contributed by atoms with Gasteiger partial charge >= 0.3 is 0 Å². The second kappa shape index (κ2) is 6.89. The van der Waals surface area contributed by atoms with E-state index >= 15 is 0 Å². The highest BCUT2D eigenvalue weighted by atomic mass is 32.2. The van der Waals surface area contributed by atoms with E-state index < -0.39 is 31.1 Å². The van der Waals surface area contributed by atoms with Crippen LogP contribution in [0.25, 0.3) is 11.2 Å². The molecule has 1 aliphatic rings. The maximum Gasteiger partial charge on any atom is 0.166 e. The predicted octanol–water partition coefficient (Wildman–Crippen LogP) is 0.728. The monoisotopic (exact) mass is 378 g/mol. The molecular weight excluding hydrogens is 363 g/mol. The smallest absolute Gasteiger partial charge is 0.166 e. The Hall–Kier alpha value is -2.11. The van der Waals surface area contributed by atoms with E-state index in [2.05, 4.69) is 15.0 Å². The topological polar surface area (TPSA) is 114 Å². The normalized spacial score (nSPS) is 25.8. The van der Waals surface area contributed by atoms with E-state index in [1.807, 2.05) is 0 Å². The summed E-state index contributed by atoms with van der Waals surface area (Å²) < 4.78 is 20.9. The third kappa shape index (κ3) is 2.85. The Balaban J connectivity index is 1.71. The molecule has 3 N–H and O–H groups in total. The first-order chi connectivity index (χ1) is 12.6. The summed E-state index contributed by atoms with van der Waals surface area (Å²) in [6.07, 6.45) is -1.61. The summed E-state index contributed by atoms with van der Waals surface area (Å²) >= 11 is 1.11. The Morgan fingerprint density at radius 3 is 2.69 bits per heavy atom. The van der Waals surface area contributed by atoms with Gasteiger partial charge in [-0.15, -0.1) is 0 Å². The predicted molar refractivity (Wildman–Crippen MR) is 88.9 cm³/mol. The van der Waals surface area contributed by atoms with E-state index in [4.69, 9.17) is 4.74 Å².